The van der Waals surface area contributed by atoms with E-state index in [1.807, 2.05) is 51.1 Å². The molecule has 0 radical (unpaired) electrons. The first-order chi connectivity index (χ1) is 14.3. The lowest BCUT2D eigenvalue weighted by atomic mass is 10.1. The molecule has 1 N–H and O–H groups in total. The van der Waals surface area contributed by atoms with Gasteiger partial charge in [0.05, 0.1) is 5.75 Å². The quantitative estimate of drug-likeness (QED) is 0.590. The van der Waals surface area contributed by atoms with Crippen molar-refractivity contribution in [3.05, 3.63) is 70.8 Å². The molecule has 0 saturated heterocycles. The molecule has 2 aromatic carbocycles. The van der Waals surface area contributed by atoms with Gasteiger partial charge in [-0.25, -0.2) is 0 Å². The maximum absolute atomic E-state index is 13.2. The Morgan fingerprint density at radius 2 is 1.63 bits per heavy atom. The largest absolute Gasteiger partial charge is 0.352 e. The lowest BCUT2D eigenvalue weighted by Gasteiger charge is -2.31. The summed E-state index contributed by atoms with van der Waals surface area (Å²) in [4.78, 5) is 27.7. The maximum Gasteiger partial charge on any atom is 0.243 e. The summed E-state index contributed by atoms with van der Waals surface area (Å²) in [6.45, 7) is 10.5. The minimum absolute atomic E-state index is 0.000941. The topological polar surface area (TPSA) is 49.4 Å². The van der Waals surface area contributed by atoms with Crippen LogP contribution in [0.15, 0.2) is 48.5 Å². The van der Waals surface area contributed by atoms with E-state index in [-0.39, 0.29) is 17.9 Å². The average Bonchev–Trinajstić information content (AvgIpc) is 2.67. The van der Waals surface area contributed by atoms with Gasteiger partial charge in [-0.05, 0) is 45.2 Å². The van der Waals surface area contributed by atoms with E-state index in [4.69, 9.17) is 0 Å². The molecule has 162 valence electrons. The average molecular weight is 427 g/mol. The normalized spacial score (nSPS) is 11.9. The van der Waals surface area contributed by atoms with Gasteiger partial charge in [-0.1, -0.05) is 66.6 Å². The number of thioether (sulfide) groups is 1. The van der Waals surface area contributed by atoms with E-state index >= 15 is 0 Å². The second-order valence-corrected chi connectivity index (χ2v) is 9.07. The molecular weight excluding hydrogens is 392 g/mol. The predicted octanol–water partition coefficient (Wildman–Crippen LogP) is 4.87. The standard InChI is InChI=1S/C25H34N2O2S/c1-6-23(25(29)26-18(2)3)27(15-21-10-8-7-9-11-21)24(28)17-30-16-22-13-19(4)12-20(5)14-22/h7-14,18,23H,6,15-17H2,1-5H3,(H,26,29)/t23-/m1/s1. The molecule has 0 fully saturated rings. The zero-order valence-corrected chi connectivity index (χ0v) is 19.6. The fourth-order valence-corrected chi connectivity index (χ4v) is 4.42. The molecule has 2 amide bonds. The highest BCUT2D eigenvalue weighted by molar-refractivity contribution is 7.99. The molecule has 0 bridgehead atoms. The highest BCUT2D eigenvalue weighted by Gasteiger charge is 2.28. The summed E-state index contributed by atoms with van der Waals surface area (Å²) in [6, 6.07) is 15.9. The number of hydrogen-bond donors (Lipinski definition) is 1. The van der Waals surface area contributed by atoms with Crippen LogP contribution in [0.5, 0.6) is 0 Å². The Labute approximate surface area is 185 Å². The van der Waals surface area contributed by atoms with Gasteiger partial charge in [0.25, 0.3) is 0 Å². The zero-order chi connectivity index (χ0) is 22.1. The molecule has 2 aromatic rings. The SMILES string of the molecule is CC[C@H](C(=O)NC(C)C)N(Cc1ccccc1)C(=O)CSCc1cc(C)cc(C)c1. The van der Waals surface area contributed by atoms with Crippen LogP contribution in [0.1, 0.15) is 49.4 Å². The molecule has 1 atom stereocenters. The number of rotatable bonds is 10. The fourth-order valence-electron chi connectivity index (χ4n) is 3.57. The van der Waals surface area contributed by atoms with E-state index in [2.05, 4.69) is 37.4 Å². The van der Waals surface area contributed by atoms with Gasteiger partial charge in [0, 0.05) is 18.3 Å². The number of hydrogen-bond acceptors (Lipinski definition) is 3. The summed E-state index contributed by atoms with van der Waals surface area (Å²) in [5.74, 6) is 1.04. The number of nitrogens with one attached hydrogen (secondary N) is 1. The maximum atomic E-state index is 13.2. The smallest absolute Gasteiger partial charge is 0.243 e. The van der Waals surface area contributed by atoms with E-state index in [1.165, 1.54) is 16.7 Å². The zero-order valence-electron chi connectivity index (χ0n) is 18.8. The highest BCUT2D eigenvalue weighted by atomic mass is 32.2. The van der Waals surface area contributed by atoms with Gasteiger partial charge in [-0.15, -0.1) is 11.8 Å². The molecule has 2 rings (SSSR count). The Bertz CT molecular complexity index is 816. The third-order valence-corrected chi connectivity index (χ3v) is 5.78. The molecule has 0 aromatic heterocycles. The third kappa shape index (κ3) is 7.52. The monoisotopic (exact) mass is 426 g/mol. The molecule has 0 aliphatic carbocycles. The molecule has 0 heterocycles. The van der Waals surface area contributed by atoms with Crippen LogP contribution in [0.3, 0.4) is 0 Å². The summed E-state index contributed by atoms with van der Waals surface area (Å²) in [5.41, 5.74) is 4.73. The van der Waals surface area contributed by atoms with E-state index in [0.717, 1.165) is 11.3 Å². The molecule has 5 heteroatoms. The second-order valence-electron chi connectivity index (χ2n) is 8.08. The van der Waals surface area contributed by atoms with E-state index in [0.29, 0.717) is 18.7 Å². The summed E-state index contributed by atoms with van der Waals surface area (Å²) in [7, 11) is 0. The predicted molar refractivity (Wildman–Crippen MR) is 126 cm³/mol. The number of carbonyl (C=O) groups is 2. The Hall–Kier alpha value is -2.27. The summed E-state index contributed by atoms with van der Waals surface area (Å²) < 4.78 is 0. The molecular formula is C25H34N2O2S. The fraction of sp³-hybridized carbons (Fsp3) is 0.440. The van der Waals surface area contributed by atoms with Gasteiger partial charge in [0.1, 0.15) is 6.04 Å². The summed E-state index contributed by atoms with van der Waals surface area (Å²) in [6.07, 6.45) is 0.582. The first-order valence-corrected chi connectivity index (χ1v) is 11.7. The molecule has 0 spiro atoms. The van der Waals surface area contributed by atoms with Crippen LogP contribution in [0.25, 0.3) is 0 Å². The van der Waals surface area contributed by atoms with Crippen LogP contribution in [0.4, 0.5) is 0 Å². The van der Waals surface area contributed by atoms with Crippen molar-refractivity contribution in [2.75, 3.05) is 5.75 Å². The van der Waals surface area contributed by atoms with Gasteiger partial charge < -0.3 is 10.2 Å². The first-order valence-electron chi connectivity index (χ1n) is 10.6. The van der Waals surface area contributed by atoms with Crippen LogP contribution in [-0.4, -0.2) is 34.6 Å². The summed E-state index contributed by atoms with van der Waals surface area (Å²) >= 11 is 1.60. The third-order valence-electron chi connectivity index (χ3n) is 4.79. The van der Waals surface area contributed by atoms with Crippen LogP contribution < -0.4 is 5.32 Å². The van der Waals surface area contributed by atoms with Gasteiger partial charge in [-0.2, -0.15) is 0 Å². The Balaban J connectivity index is 2.11. The van der Waals surface area contributed by atoms with Crippen molar-refractivity contribution in [2.24, 2.45) is 0 Å². The molecule has 4 nitrogen and oxygen atoms in total. The van der Waals surface area contributed by atoms with Crippen LogP contribution in [0.2, 0.25) is 0 Å². The van der Waals surface area contributed by atoms with Crippen LogP contribution in [0, 0.1) is 13.8 Å². The number of amides is 2. The van der Waals surface area contributed by atoms with Crippen molar-refractivity contribution in [1.82, 2.24) is 10.2 Å². The van der Waals surface area contributed by atoms with Crippen molar-refractivity contribution in [1.29, 1.82) is 0 Å². The lowest BCUT2D eigenvalue weighted by molar-refractivity contribution is -0.139. The molecule has 0 aliphatic heterocycles. The minimum atomic E-state index is -0.470. The van der Waals surface area contributed by atoms with E-state index in [9.17, 15) is 9.59 Å². The van der Waals surface area contributed by atoms with Crippen LogP contribution >= 0.6 is 11.8 Å². The minimum Gasteiger partial charge on any atom is -0.352 e. The van der Waals surface area contributed by atoms with Crippen molar-refractivity contribution < 1.29 is 9.59 Å². The second kappa shape index (κ2) is 11.8. The molecule has 0 aliphatic rings. The van der Waals surface area contributed by atoms with E-state index in [1.54, 1.807) is 16.7 Å². The van der Waals surface area contributed by atoms with Crippen molar-refractivity contribution >= 4 is 23.6 Å². The van der Waals surface area contributed by atoms with Gasteiger partial charge >= 0.3 is 0 Å². The molecule has 30 heavy (non-hydrogen) atoms. The van der Waals surface area contributed by atoms with Crippen molar-refractivity contribution in [2.45, 2.75) is 65.4 Å². The number of nitrogens with zero attached hydrogens (tertiary/aromatic N) is 1. The lowest BCUT2D eigenvalue weighted by Crippen LogP contribution is -2.50. The number of carbonyl (C=O) groups excluding carboxylic acids is 2. The van der Waals surface area contributed by atoms with Crippen molar-refractivity contribution in [3.63, 3.8) is 0 Å². The van der Waals surface area contributed by atoms with Crippen LogP contribution in [-0.2, 0) is 21.9 Å². The van der Waals surface area contributed by atoms with Gasteiger partial charge in [0.2, 0.25) is 11.8 Å². The summed E-state index contributed by atoms with van der Waals surface area (Å²) in [5, 5.41) is 2.97. The Kier molecular flexibility index (Phi) is 9.44. The van der Waals surface area contributed by atoms with Gasteiger partial charge in [0.15, 0.2) is 0 Å². The number of benzene rings is 2. The van der Waals surface area contributed by atoms with E-state index < -0.39 is 6.04 Å². The highest BCUT2D eigenvalue weighted by Crippen LogP contribution is 2.19. The first kappa shape index (κ1) is 24.0. The Morgan fingerprint density at radius 1 is 1.00 bits per heavy atom. The van der Waals surface area contributed by atoms with Gasteiger partial charge in [-0.3, -0.25) is 9.59 Å². The Morgan fingerprint density at radius 3 is 2.20 bits per heavy atom. The molecule has 0 unspecified atom stereocenters. The molecule has 0 saturated carbocycles. The number of aryl methyl sites for hydroxylation is 2. The van der Waals surface area contributed by atoms with Crippen molar-refractivity contribution in [3.8, 4) is 0 Å².